The van der Waals surface area contributed by atoms with Gasteiger partial charge in [0.05, 0.1) is 17.6 Å². The number of anilines is 1. The maximum absolute atomic E-state index is 5.92. The highest BCUT2D eigenvalue weighted by molar-refractivity contribution is 9.10. The normalized spacial score (nSPS) is 11.2. The molecule has 0 aliphatic rings. The maximum Gasteiger partial charge on any atom is 0.107 e. The number of aryl methyl sites for hydroxylation is 1. The first-order valence-electron chi connectivity index (χ1n) is 5.22. The molecule has 0 bridgehead atoms. The summed E-state index contributed by atoms with van der Waals surface area (Å²) in [7, 11) is 1.88. The van der Waals surface area contributed by atoms with E-state index in [1.807, 2.05) is 25.2 Å². The van der Waals surface area contributed by atoms with Crippen LogP contribution in [0.3, 0.4) is 0 Å². The van der Waals surface area contributed by atoms with Crippen LogP contribution in [0.5, 0.6) is 0 Å². The first kappa shape index (κ1) is 10.4. The zero-order chi connectivity index (χ0) is 12.0. The lowest BCUT2D eigenvalue weighted by atomic mass is 10.2. The molecule has 0 spiro atoms. The smallest absolute Gasteiger partial charge is 0.107 e. The highest BCUT2D eigenvalue weighted by atomic mass is 79.9. The van der Waals surface area contributed by atoms with Crippen LogP contribution in [0.25, 0.3) is 22.3 Å². The number of nitrogen functional groups attached to an aromatic ring is 1. The van der Waals surface area contributed by atoms with Gasteiger partial charge in [0, 0.05) is 22.4 Å². The molecule has 2 aromatic heterocycles. The van der Waals surface area contributed by atoms with Gasteiger partial charge in [0.1, 0.15) is 5.69 Å². The lowest BCUT2D eigenvalue weighted by Crippen LogP contribution is -1.95. The maximum atomic E-state index is 5.92. The Balaban J connectivity index is 2.29. The second kappa shape index (κ2) is 3.63. The molecule has 0 amide bonds. The lowest BCUT2D eigenvalue weighted by Gasteiger charge is -1.99. The molecule has 5 heteroatoms. The summed E-state index contributed by atoms with van der Waals surface area (Å²) in [5, 5.41) is 5.29. The van der Waals surface area contributed by atoms with Gasteiger partial charge in [-0.3, -0.25) is 4.68 Å². The fraction of sp³-hybridized carbons (Fsp3) is 0.0833. The Labute approximate surface area is 107 Å². The van der Waals surface area contributed by atoms with Gasteiger partial charge in [0.25, 0.3) is 0 Å². The summed E-state index contributed by atoms with van der Waals surface area (Å²) in [6.07, 6.45) is 1.66. The molecule has 86 valence electrons. The van der Waals surface area contributed by atoms with E-state index >= 15 is 0 Å². The van der Waals surface area contributed by atoms with Crippen molar-refractivity contribution in [1.82, 2.24) is 14.8 Å². The van der Waals surface area contributed by atoms with Crippen molar-refractivity contribution in [3.8, 4) is 11.4 Å². The van der Waals surface area contributed by atoms with E-state index in [4.69, 9.17) is 5.73 Å². The van der Waals surface area contributed by atoms with Gasteiger partial charge in [0.2, 0.25) is 0 Å². The minimum Gasteiger partial charge on any atom is -0.396 e. The molecule has 0 radical (unpaired) electrons. The molecular weight excluding hydrogens is 280 g/mol. The van der Waals surface area contributed by atoms with Crippen LogP contribution in [0.2, 0.25) is 0 Å². The Bertz CT molecular complexity index is 676. The fourth-order valence-electron chi connectivity index (χ4n) is 2.03. The molecule has 2 heterocycles. The average molecular weight is 291 g/mol. The Hall–Kier alpha value is -1.75. The fourth-order valence-corrected chi connectivity index (χ4v) is 2.51. The summed E-state index contributed by atoms with van der Waals surface area (Å²) < 4.78 is 2.84. The summed E-state index contributed by atoms with van der Waals surface area (Å²) in [5.41, 5.74) is 9.56. The quantitative estimate of drug-likeness (QED) is 0.724. The summed E-state index contributed by atoms with van der Waals surface area (Å²) in [6, 6.07) is 8.13. The second-order valence-corrected chi connectivity index (χ2v) is 4.81. The highest BCUT2D eigenvalue weighted by Crippen LogP contribution is 2.31. The predicted octanol–water partition coefficient (Wildman–Crippen LogP) is 2.91. The van der Waals surface area contributed by atoms with Crippen LogP contribution in [0.15, 0.2) is 34.9 Å². The van der Waals surface area contributed by atoms with Crippen molar-refractivity contribution >= 4 is 32.5 Å². The number of nitrogens with one attached hydrogen (secondary N) is 1. The second-order valence-electron chi connectivity index (χ2n) is 3.96. The summed E-state index contributed by atoms with van der Waals surface area (Å²) in [4.78, 5) is 3.35. The summed E-state index contributed by atoms with van der Waals surface area (Å²) >= 11 is 3.54. The SMILES string of the molecule is Cn1ncc(N)c1-c1cc2c(Br)cccc2[nH]1. The molecule has 1 aromatic carbocycles. The predicted molar refractivity (Wildman–Crippen MR) is 72.6 cm³/mol. The van der Waals surface area contributed by atoms with Crippen LogP contribution in [0.1, 0.15) is 0 Å². The molecule has 3 rings (SSSR count). The number of nitrogens with zero attached hydrogens (tertiary/aromatic N) is 2. The Morgan fingerprint density at radius 2 is 2.24 bits per heavy atom. The van der Waals surface area contributed by atoms with Crippen molar-refractivity contribution in [2.45, 2.75) is 0 Å². The number of fused-ring (bicyclic) bond motifs is 1. The monoisotopic (exact) mass is 290 g/mol. The van der Waals surface area contributed by atoms with Crippen LogP contribution < -0.4 is 5.73 Å². The van der Waals surface area contributed by atoms with Crippen molar-refractivity contribution in [2.75, 3.05) is 5.73 Å². The topological polar surface area (TPSA) is 59.6 Å². The van der Waals surface area contributed by atoms with E-state index < -0.39 is 0 Å². The zero-order valence-electron chi connectivity index (χ0n) is 9.24. The van der Waals surface area contributed by atoms with Gasteiger partial charge < -0.3 is 10.7 Å². The van der Waals surface area contributed by atoms with Gasteiger partial charge >= 0.3 is 0 Å². The van der Waals surface area contributed by atoms with E-state index in [-0.39, 0.29) is 0 Å². The van der Waals surface area contributed by atoms with E-state index in [1.165, 1.54) is 0 Å². The van der Waals surface area contributed by atoms with Gasteiger partial charge in [-0.15, -0.1) is 0 Å². The van der Waals surface area contributed by atoms with E-state index in [9.17, 15) is 0 Å². The molecule has 3 N–H and O–H groups in total. The minimum atomic E-state index is 0.676. The number of aromatic amines is 1. The molecule has 0 saturated carbocycles. The Morgan fingerprint density at radius 1 is 1.41 bits per heavy atom. The number of rotatable bonds is 1. The first-order chi connectivity index (χ1) is 8.16. The molecule has 4 nitrogen and oxygen atoms in total. The van der Waals surface area contributed by atoms with Crippen molar-refractivity contribution < 1.29 is 0 Å². The van der Waals surface area contributed by atoms with Crippen LogP contribution in [-0.2, 0) is 7.05 Å². The lowest BCUT2D eigenvalue weighted by molar-refractivity contribution is 0.774. The van der Waals surface area contributed by atoms with Gasteiger partial charge in [-0.05, 0) is 18.2 Å². The van der Waals surface area contributed by atoms with Crippen LogP contribution in [0.4, 0.5) is 5.69 Å². The van der Waals surface area contributed by atoms with Crippen molar-refractivity contribution in [1.29, 1.82) is 0 Å². The molecule has 0 saturated heterocycles. The number of hydrogen-bond donors (Lipinski definition) is 2. The number of halogens is 1. The number of aromatic nitrogens is 3. The van der Waals surface area contributed by atoms with E-state index in [0.29, 0.717) is 5.69 Å². The number of H-pyrrole nitrogens is 1. The van der Waals surface area contributed by atoms with E-state index in [2.05, 4.69) is 32.1 Å². The molecular formula is C12H11BrN4. The van der Waals surface area contributed by atoms with Gasteiger partial charge in [-0.25, -0.2) is 0 Å². The molecule has 0 fully saturated rings. The average Bonchev–Trinajstić information content (AvgIpc) is 2.84. The number of nitrogens with two attached hydrogens (primary N) is 1. The number of hydrogen-bond acceptors (Lipinski definition) is 2. The molecule has 3 aromatic rings. The zero-order valence-corrected chi connectivity index (χ0v) is 10.8. The van der Waals surface area contributed by atoms with Crippen LogP contribution in [-0.4, -0.2) is 14.8 Å². The first-order valence-corrected chi connectivity index (χ1v) is 6.01. The van der Waals surface area contributed by atoms with Gasteiger partial charge in [-0.1, -0.05) is 22.0 Å². The Morgan fingerprint density at radius 3 is 2.88 bits per heavy atom. The highest BCUT2D eigenvalue weighted by Gasteiger charge is 2.11. The summed E-state index contributed by atoms with van der Waals surface area (Å²) in [5.74, 6) is 0. The van der Waals surface area contributed by atoms with E-state index in [0.717, 1.165) is 26.8 Å². The largest absolute Gasteiger partial charge is 0.396 e. The molecule has 17 heavy (non-hydrogen) atoms. The Kier molecular flexibility index (Phi) is 2.22. The standard InChI is InChI=1S/C12H11BrN4/c1-17-12(9(14)6-15-17)11-5-7-8(13)3-2-4-10(7)16-11/h2-6,16H,14H2,1H3. The molecule has 0 aliphatic heterocycles. The van der Waals surface area contributed by atoms with E-state index in [1.54, 1.807) is 10.9 Å². The van der Waals surface area contributed by atoms with Crippen LogP contribution >= 0.6 is 15.9 Å². The molecule has 0 aliphatic carbocycles. The minimum absolute atomic E-state index is 0.676. The van der Waals surface area contributed by atoms with Crippen LogP contribution in [0, 0.1) is 0 Å². The van der Waals surface area contributed by atoms with Crippen molar-refractivity contribution in [3.05, 3.63) is 34.9 Å². The third-order valence-electron chi connectivity index (χ3n) is 2.83. The van der Waals surface area contributed by atoms with Gasteiger partial charge in [-0.2, -0.15) is 5.10 Å². The molecule has 0 atom stereocenters. The van der Waals surface area contributed by atoms with Crippen molar-refractivity contribution in [3.63, 3.8) is 0 Å². The third-order valence-corrected chi connectivity index (χ3v) is 3.52. The summed E-state index contributed by atoms with van der Waals surface area (Å²) in [6.45, 7) is 0. The molecule has 0 unspecified atom stereocenters. The number of benzene rings is 1. The van der Waals surface area contributed by atoms with Crippen molar-refractivity contribution in [2.24, 2.45) is 7.05 Å². The van der Waals surface area contributed by atoms with Gasteiger partial charge in [0.15, 0.2) is 0 Å². The third kappa shape index (κ3) is 1.54.